The van der Waals surface area contributed by atoms with Crippen molar-refractivity contribution < 1.29 is 0 Å². The minimum absolute atomic E-state index is 0.0659. The molecule has 1 aliphatic rings. The van der Waals surface area contributed by atoms with Gasteiger partial charge in [0.15, 0.2) is 0 Å². The molecular formula is C15H27N5S. The number of amidine groups is 1. The van der Waals surface area contributed by atoms with Gasteiger partial charge in [-0.1, -0.05) is 20.8 Å². The number of nitrogens with zero attached hydrogens (tertiary/aromatic N) is 3. The Labute approximate surface area is 131 Å². The number of nitrogen functional groups attached to an aromatic ring is 1. The molecule has 1 fully saturated rings. The summed E-state index contributed by atoms with van der Waals surface area (Å²) >= 11 is 1.59. The number of nitrogens with one attached hydrogen (secondary N) is 1. The predicted octanol–water partition coefficient (Wildman–Crippen LogP) is 1.51. The van der Waals surface area contributed by atoms with Crippen LogP contribution in [0.4, 0.5) is 0 Å². The van der Waals surface area contributed by atoms with E-state index in [0.717, 1.165) is 54.7 Å². The second-order valence-electron chi connectivity index (χ2n) is 6.84. The van der Waals surface area contributed by atoms with Crippen molar-refractivity contribution in [2.45, 2.75) is 32.6 Å². The number of piperazine rings is 1. The Balaban J connectivity index is 2.02. The summed E-state index contributed by atoms with van der Waals surface area (Å²) in [5.41, 5.74) is 6.62. The summed E-state index contributed by atoms with van der Waals surface area (Å²) in [5, 5.41) is 8.85. The average molecular weight is 309 g/mol. The van der Waals surface area contributed by atoms with Gasteiger partial charge in [0.25, 0.3) is 0 Å². The molecule has 1 saturated heterocycles. The van der Waals surface area contributed by atoms with Gasteiger partial charge >= 0.3 is 0 Å². The highest BCUT2D eigenvalue weighted by molar-refractivity contribution is 7.13. The van der Waals surface area contributed by atoms with E-state index in [-0.39, 0.29) is 11.3 Å². The molecular weight excluding hydrogens is 282 g/mol. The van der Waals surface area contributed by atoms with Crippen LogP contribution in [0.25, 0.3) is 0 Å². The number of thiazole rings is 1. The summed E-state index contributed by atoms with van der Waals surface area (Å²) in [7, 11) is 2.17. The summed E-state index contributed by atoms with van der Waals surface area (Å²) < 4.78 is 0. The van der Waals surface area contributed by atoms with Crippen LogP contribution < -0.4 is 5.73 Å². The minimum Gasteiger partial charge on any atom is -0.383 e. The van der Waals surface area contributed by atoms with Gasteiger partial charge in [-0.3, -0.25) is 5.41 Å². The van der Waals surface area contributed by atoms with E-state index >= 15 is 0 Å². The van der Waals surface area contributed by atoms with Gasteiger partial charge in [0.1, 0.15) is 5.84 Å². The number of likely N-dealkylation sites (N-methyl/N-ethyl adjacent to an activating group) is 1. The molecule has 1 aliphatic heterocycles. The molecule has 1 aromatic rings. The highest BCUT2D eigenvalue weighted by atomic mass is 32.1. The summed E-state index contributed by atoms with van der Waals surface area (Å²) in [4.78, 5) is 10.5. The standard InChI is InChI=1S/C15H27N5S/c1-15(2,3)13-12(14(16)17)21-11(18-13)5-6-20-9-7-19(4)8-10-20/h5-10H2,1-4H3,(H3,16,17). The lowest BCUT2D eigenvalue weighted by Gasteiger charge is -2.32. The first-order chi connectivity index (χ1) is 9.77. The third kappa shape index (κ3) is 4.25. The molecule has 3 N–H and O–H groups in total. The third-order valence-electron chi connectivity index (χ3n) is 3.86. The Morgan fingerprint density at radius 1 is 1.29 bits per heavy atom. The maximum atomic E-state index is 7.75. The van der Waals surface area contributed by atoms with Gasteiger partial charge in [-0.15, -0.1) is 11.3 Å². The molecule has 1 aromatic heterocycles. The smallest absolute Gasteiger partial charge is 0.135 e. The highest BCUT2D eigenvalue weighted by Gasteiger charge is 2.25. The molecule has 0 atom stereocenters. The van der Waals surface area contributed by atoms with Crippen LogP contribution in [0.5, 0.6) is 0 Å². The monoisotopic (exact) mass is 309 g/mol. The quantitative estimate of drug-likeness (QED) is 0.653. The van der Waals surface area contributed by atoms with Gasteiger partial charge in [0.05, 0.1) is 15.6 Å². The van der Waals surface area contributed by atoms with Crippen molar-refractivity contribution in [3.8, 4) is 0 Å². The Hall–Kier alpha value is -0.980. The molecule has 0 saturated carbocycles. The van der Waals surface area contributed by atoms with Gasteiger partial charge in [-0.2, -0.15) is 0 Å². The second kappa shape index (κ2) is 6.42. The zero-order valence-electron chi connectivity index (χ0n) is 13.6. The zero-order chi connectivity index (χ0) is 15.6. The summed E-state index contributed by atoms with van der Waals surface area (Å²) in [6, 6.07) is 0. The first kappa shape index (κ1) is 16.4. The number of hydrogen-bond acceptors (Lipinski definition) is 5. The van der Waals surface area contributed by atoms with Crippen molar-refractivity contribution in [3.63, 3.8) is 0 Å². The first-order valence-corrected chi connectivity index (χ1v) is 8.34. The maximum absolute atomic E-state index is 7.75. The molecule has 0 spiro atoms. The van der Waals surface area contributed by atoms with Crippen molar-refractivity contribution in [3.05, 3.63) is 15.6 Å². The Bertz CT molecular complexity index is 495. The second-order valence-corrected chi connectivity index (χ2v) is 7.93. The van der Waals surface area contributed by atoms with Crippen LogP contribution in [0.3, 0.4) is 0 Å². The van der Waals surface area contributed by atoms with Crippen molar-refractivity contribution >= 4 is 17.2 Å². The first-order valence-electron chi connectivity index (χ1n) is 7.53. The minimum atomic E-state index is -0.0659. The fourth-order valence-corrected chi connectivity index (χ4v) is 3.61. The fraction of sp³-hybridized carbons (Fsp3) is 0.733. The molecule has 21 heavy (non-hydrogen) atoms. The van der Waals surface area contributed by atoms with Gasteiger partial charge < -0.3 is 15.5 Å². The highest BCUT2D eigenvalue weighted by Crippen LogP contribution is 2.29. The maximum Gasteiger partial charge on any atom is 0.135 e. The number of nitrogens with two attached hydrogens (primary N) is 1. The van der Waals surface area contributed by atoms with E-state index in [1.165, 1.54) is 0 Å². The lowest BCUT2D eigenvalue weighted by atomic mass is 9.91. The van der Waals surface area contributed by atoms with Crippen LogP contribution in [-0.2, 0) is 11.8 Å². The zero-order valence-corrected chi connectivity index (χ0v) is 14.4. The molecule has 118 valence electrons. The van der Waals surface area contributed by atoms with E-state index in [4.69, 9.17) is 16.1 Å². The summed E-state index contributed by atoms with van der Waals surface area (Å²) in [5.74, 6) is 0.142. The largest absolute Gasteiger partial charge is 0.383 e. The molecule has 6 heteroatoms. The fourth-order valence-electron chi connectivity index (χ4n) is 2.49. The van der Waals surface area contributed by atoms with Crippen LogP contribution >= 0.6 is 11.3 Å². The average Bonchev–Trinajstić information content (AvgIpc) is 2.82. The van der Waals surface area contributed by atoms with E-state index in [9.17, 15) is 0 Å². The molecule has 5 nitrogen and oxygen atoms in total. The van der Waals surface area contributed by atoms with Gasteiger partial charge in [-0.05, 0) is 7.05 Å². The van der Waals surface area contributed by atoms with Gasteiger partial charge in [-0.25, -0.2) is 4.98 Å². The van der Waals surface area contributed by atoms with Crippen molar-refractivity contribution in [1.29, 1.82) is 5.41 Å². The van der Waals surface area contributed by atoms with Crippen LogP contribution in [0.2, 0.25) is 0 Å². The van der Waals surface area contributed by atoms with E-state index in [1.807, 2.05) is 0 Å². The Morgan fingerprint density at radius 3 is 2.38 bits per heavy atom. The molecule has 0 amide bonds. The third-order valence-corrected chi connectivity index (χ3v) is 5.01. The Morgan fingerprint density at radius 2 is 1.90 bits per heavy atom. The van der Waals surface area contributed by atoms with Crippen LogP contribution in [-0.4, -0.2) is 60.4 Å². The van der Waals surface area contributed by atoms with E-state index in [1.54, 1.807) is 11.3 Å². The molecule has 0 radical (unpaired) electrons. The topological polar surface area (TPSA) is 69.2 Å². The molecule has 0 bridgehead atoms. The van der Waals surface area contributed by atoms with Crippen molar-refractivity contribution in [2.75, 3.05) is 39.8 Å². The van der Waals surface area contributed by atoms with Gasteiger partial charge in [0.2, 0.25) is 0 Å². The number of aromatic nitrogens is 1. The molecule has 0 aromatic carbocycles. The van der Waals surface area contributed by atoms with Crippen LogP contribution in [0.1, 0.15) is 36.3 Å². The van der Waals surface area contributed by atoms with E-state index < -0.39 is 0 Å². The van der Waals surface area contributed by atoms with Crippen LogP contribution in [0.15, 0.2) is 0 Å². The summed E-state index contributed by atoms with van der Waals surface area (Å²) in [6.45, 7) is 12.0. The molecule has 0 aliphatic carbocycles. The van der Waals surface area contributed by atoms with Gasteiger partial charge in [0, 0.05) is 44.6 Å². The predicted molar refractivity (Wildman–Crippen MR) is 89.5 cm³/mol. The number of hydrogen-bond donors (Lipinski definition) is 2. The normalized spacial score (nSPS) is 18.1. The lowest BCUT2D eigenvalue weighted by molar-refractivity contribution is 0.155. The summed E-state index contributed by atoms with van der Waals surface area (Å²) in [6.07, 6.45) is 0.949. The Kier molecular flexibility index (Phi) is 5.01. The molecule has 0 unspecified atom stereocenters. The van der Waals surface area contributed by atoms with E-state index in [0.29, 0.717) is 0 Å². The van der Waals surface area contributed by atoms with Crippen molar-refractivity contribution in [1.82, 2.24) is 14.8 Å². The molecule has 2 rings (SSSR count). The number of rotatable bonds is 4. The lowest BCUT2D eigenvalue weighted by Crippen LogP contribution is -2.45. The molecule has 2 heterocycles. The van der Waals surface area contributed by atoms with Crippen LogP contribution in [0, 0.1) is 5.41 Å². The van der Waals surface area contributed by atoms with E-state index in [2.05, 4.69) is 37.6 Å². The van der Waals surface area contributed by atoms with Crippen molar-refractivity contribution in [2.24, 2.45) is 5.73 Å². The SMILES string of the molecule is CN1CCN(CCc2nc(C(C)(C)C)c(C(=N)N)s2)CC1.